The lowest BCUT2D eigenvalue weighted by Gasteiger charge is -2.12. The fourth-order valence-electron chi connectivity index (χ4n) is 3.80. The molecule has 0 aliphatic heterocycles. The Morgan fingerprint density at radius 3 is 2.76 bits per heavy atom. The Bertz CT molecular complexity index is 1250. The molecule has 2 heterocycles. The largest absolute Gasteiger partial charge is 0.465 e. The molecule has 0 unspecified atom stereocenters. The van der Waals surface area contributed by atoms with Crippen molar-refractivity contribution in [1.29, 1.82) is 0 Å². The van der Waals surface area contributed by atoms with Gasteiger partial charge in [-0.2, -0.15) is 13.2 Å². The Kier molecular flexibility index (Phi) is 6.74. The number of ether oxygens (including phenoxy) is 1. The van der Waals surface area contributed by atoms with Crippen LogP contribution in [0.25, 0.3) is 17.3 Å². The molecule has 0 spiro atoms. The summed E-state index contributed by atoms with van der Waals surface area (Å²) in [6.45, 7) is 4.22. The van der Waals surface area contributed by atoms with E-state index in [1.54, 1.807) is 0 Å². The van der Waals surface area contributed by atoms with Crippen LogP contribution >= 0.6 is 11.3 Å². The number of rotatable bonds is 6. The molecule has 0 saturated heterocycles. The quantitative estimate of drug-likeness (QED) is 0.383. The first-order valence-corrected chi connectivity index (χ1v) is 11.7. The number of hydrogen-bond donors (Lipinski definition) is 1. The second-order valence-corrected chi connectivity index (χ2v) is 9.56. The van der Waals surface area contributed by atoms with E-state index in [0.717, 1.165) is 48.6 Å². The number of esters is 1. The molecule has 9 heteroatoms. The van der Waals surface area contributed by atoms with Crippen LogP contribution in [0.5, 0.6) is 0 Å². The van der Waals surface area contributed by atoms with Gasteiger partial charge in [-0.25, -0.2) is 14.8 Å². The van der Waals surface area contributed by atoms with Crippen LogP contribution in [0.4, 0.5) is 24.1 Å². The number of methoxy groups -OCH3 is 1. The molecule has 1 aliphatic carbocycles. The smallest absolute Gasteiger partial charge is 0.417 e. The van der Waals surface area contributed by atoms with Gasteiger partial charge in [-0.15, -0.1) is 11.3 Å². The van der Waals surface area contributed by atoms with Crippen LogP contribution in [0.3, 0.4) is 0 Å². The number of aromatic nitrogens is 2. The average molecular weight is 488 g/mol. The minimum absolute atomic E-state index is 0.0374. The molecule has 1 N–H and O–H groups in total. The lowest BCUT2D eigenvalue weighted by atomic mass is 9.94. The summed E-state index contributed by atoms with van der Waals surface area (Å²) in [5.41, 5.74) is 2.91. The van der Waals surface area contributed by atoms with Gasteiger partial charge >= 0.3 is 12.1 Å². The van der Waals surface area contributed by atoms with Gasteiger partial charge in [0.05, 0.1) is 18.4 Å². The molecule has 3 aromatic rings. The molecule has 0 fully saturated rings. The number of alkyl halides is 3. The molecule has 0 atom stereocenters. The number of pyridine rings is 1. The van der Waals surface area contributed by atoms with Crippen LogP contribution in [-0.2, 0) is 23.8 Å². The van der Waals surface area contributed by atoms with E-state index < -0.39 is 17.7 Å². The molecule has 5 nitrogen and oxygen atoms in total. The summed E-state index contributed by atoms with van der Waals surface area (Å²) in [6.07, 6.45) is 3.14. The van der Waals surface area contributed by atoms with Crippen molar-refractivity contribution in [3.05, 3.63) is 63.7 Å². The molecule has 1 aromatic carbocycles. The number of benzene rings is 1. The summed E-state index contributed by atoms with van der Waals surface area (Å²) in [5, 5.41) is 3.39. The molecule has 0 bridgehead atoms. The molecule has 4 rings (SSSR count). The highest BCUT2D eigenvalue weighted by Crippen LogP contribution is 2.37. The van der Waals surface area contributed by atoms with E-state index in [0.29, 0.717) is 17.2 Å². The van der Waals surface area contributed by atoms with Crippen molar-refractivity contribution in [3.63, 3.8) is 0 Å². The number of carbonyl (C=O) groups is 1. The van der Waals surface area contributed by atoms with Gasteiger partial charge in [-0.3, -0.25) is 0 Å². The molecule has 0 saturated carbocycles. The summed E-state index contributed by atoms with van der Waals surface area (Å²) in [6, 6.07) is 7.02. The first-order chi connectivity index (χ1) is 16.2. The summed E-state index contributed by atoms with van der Waals surface area (Å²) in [5.74, 6) is -0.578. The second kappa shape index (κ2) is 9.58. The Labute approximate surface area is 199 Å². The van der Waals surface area contributed by atoms with Crippen LogP contribution in [0.2, 0.25) is 0 Å². The number of anilines is 2. The molecule has 34 heavy (non-hydrogen) atoms. The Morgan fingerprint density at radius 1 is 1.26 bits per heavy atom. The normalized spacial score (nSPS) is 13.1. The highest BCUT2D eigenvalue weighted by Gasteiger charge is 2.33. The van der Waals surface area contributed by atoms with Crippen molar-refractivity contribution in [1.82, 2.24) is 9.97 Å². The van der Waals surface area contributed by atoms with Crippen molar-refractivity contribution >= 4 is 34.3 Å². The lowest BCUT2D eigenvalue weighted by molar-refractivity contribution is -0.137. The monoisotopic (exact) mass is 487 g/mol. The second-order valence-electron chi connectivity index (χ2n) is 8.48. The number of aryl methyl sites for hydroxylation is 1. The van der Waals surface area contributed by atoms with Gasteiger partial charge in [-0.1, -0.05) is 38.1 Å². The van der Waals surface area contributed by atoms with Gasteiger partial charge in [0.15, 0.2) is 5.13 Å². The maximum atomic E-state index is 13.2. The first kappa shape index (κ1) is 23.9. The van der Waals surface area contributed by atoms with Crippen molar-refractivity contribution in [3.8, 4) is 11.3 Å². The van der Waals surface area contributed by atoms with E-state index in [-0.39, 0.29) is 11.4 Å². The molecular weight excluding hydrogens is 463 g/mol. The number of nitrogens with zero attached hydrogens (tertiary/aromatic N) is 2. The third-order valence-electron chi connectivity index (χ3n) is 5.43. The van der Waals surface area contributed by atoms with Crippen molar-refractivity contribution in [2.75, 3.05) is 12.4 Å². The van der Waals surface area contributed by atoms with Crippen LogP contribution in [0, 0.1) is 5.92 Å². The van der Waals surface area contributed by atoms with Gasteiger partial charge in [0.2, 0.25) is 0 Å². The van der Waals surface area contributed by atoms with E-state index in [1.807, 2.05) is 0 Å². The van der Waals surface area contributed by atoms with Crippen LogP contribution in [0.1, 0.15) is 52.2 Å². The number of fused-ring (bicyclic) bond motifs is 1. The summed E-state index contributed by atoms with van der Waals surface area (Å²) in [7, 11) is 1.11. The van der Waals surface area contributed by atoms with Gasteiger partial charge in [0, 0.05) is 16.6 Å². The van der Waals surface area contributed by atoms with Gasteiger partial charge in [0.25, 0.3) is 0 Å². The lowest BCUT2D eigenvalue weighted by Crippen LogP contribution is -2.12. The fourth-order valence-corrected chi connectivity index (χ4v) is 5.00. The van der Waals surface area contributed by atoms with E-state index in [1.165, 1.54) is 22.5 Å². The number of allylic oxidation sites excluding steroid dienone is 1. The molecule has 0 radical (unpaired) electrons. The SMILES string of the molecule is COC(=O)c1cc(C(F)(F)F)cnc1Nc1nc(-c2ccc3c(c2)C=CCC3)c(CC(C)C)s1. The fraction of sp³-hybridized carbons (Fsp3) is 0.320. The average Bonchev–Trinajstić information content (AvgIpc) is 3.19. The van der Waals surface area contributed by atoms with Crippen molar-refractivity contribution < 1.29 is 22.7 Å². The van der Waals surface area contributed by atoms with Crippen LogP contribution < -0.4 is 5.32 Å². The van der Waals surface area contributed by atoms with Gasteiger partial charge in [0.1, 0.15) is 11.4 Å². The Balaban J connectivity index is 1.73. The Morgan fingerprint density at radius 2 is 2.06 bits per heavy atom. The zero-order valence-corrected chi connectivity index (χ0v) is 19.8. The molecular formula is C25H24F3N3O2S. The predicted octanol–water partition coefficient (Wildman–Crippen LogP) is 6.91. The molecule has 178 valence electrons. The minimum atomic E-state index is -4.63. The molecule has 2 aromatic heterocycles. The van der Waals surface area contributed by atoms with Crippen molar-refractivity contribution in [2.24, 2.45) is 5.92 Å². The zero-order chi connectivity index (χ0) is 24.5. The predicted molar refractivity (Wildman–Crippen MR) is 127 cm³/mol. The van der Waals surface area contributed by atoms with Crippen molar-refractivity contribution in [2.45, 2.75) is 39.3 Å². The third-order valence-corrected chi connectivity index (χ3v) is 6.43. The Hall–Kier alpha value is -3.20. The molecule has 0 amide bonds. The van der Waals surface area contributed by atoms with Crippen LogP contribution in [0.15, 0.2) is 36.5 Å². The number of halogens is 3. The van der Waals surface area contributed by atoms with Gasteiger partial charge < -0.3 is 10.1 Å². The maximum absolute atomic E-state index is 13.2. The van der Waals surface area contributed by atoms with E-state index in [4.69, 9.17) is 4.98 Å². The number of thiazole rings is 1. The number of carbonyl (C=O) groups excluding carboxylic acids is 1. The van der Waals surface area contributed by atoms with E-state index in [9.17, 15) is 18.0 Å². The molecule has 1 aliphatic rings. The topological polar surface area (TPSA) is 64.1 Å². The highest BCUT2D eigenvalue weighted by atomic mass is 32.1. The number of hydrogen-bond acceptors (Lipinski definition) is 6. The van der Waals surface area contributed by atoms with E-state index >= 15 is 0 Å². The zero-order valence-electron chi connectivity index (χ0n) is 19.0. The minimum Gasteiger partial charge on any atom is -0.465 e. The van der Waals surface area contributed by atoms with E-state index in [2.05, 4.69) is 59.2 Å². The standard InChI is InChI=1S/C25H24F3N3O2S/c1-14(2)10-20-21(17-9-8-15-6-4-5-7-16(15)11-17)30-24(34-20)31-22-19(23(32)33-3)12-18(13-29-22)25(26,27)28/h5,7-9,11-14H,4,6,10H2,1-3H3,(H,29,30,31). The third kappa shape index (κ3) is 5.14. The first-order valence-electron chi connectivity index (χ1n) is 10.9. The highest BCUT2D eigenvalue weighted by molar-refractivity contribution is 7.16. The number of nitrogens with one attached hydrogen (secondary N) is 1. The van der Waals surface area contributed by atoms with Gasteiger partial charge in [-0.05, 0) is 48.4 Å². The summed E-state index contributed by atoms with van der Waals surface area (Å²) < 4.78 is 44.1. The maximum Gasteiger partial charge on any atom is 0.417 e. The summed E-state index contributed by atoms with van der Waals surface area (Å²) in [4.78, 5) is 21.8. The summed E-state index contributed by atoms with van der Waals surface area (Å²) >= 11 is 1.40. The van der Waals surface area contributed by atoms with Crippen LogP contribution in [-0.4, -0.2) is 23.0 Å².